The lowest BCUT2D eigenvalue weighted by Gasteiger charge is -2.24. The maximum Gasteiger partial charge on any atom is 0.105 e. The summed E-state index contributed by atoms with van der Waals surface area (Å²) in [5.74, 6) is 0. The van der Waals surface area contributed by atoms with Gasteiger partial charge in [-0.25, -0.2) is 0 Å². The molecule has 1 aliphatic heterocycles. The highest BCUT2D eigenvalue weighted by atomic mass is 32.2. The molecular formula is C24H22N2S. The first-order valence-corrected chi connectivity index (χ1v) is 10.3. The zero-order valence-electron chi connectivity index (χ0n) is 15.6. The third kappa shape index (κ3) is 2.42. The van der Waals surface area contributed by atoms with Gasteiger partial charge in [-0.05, 0) is 48.4 Å². The molecule has 1 aromatic heterocycles. The van der Waals surface area contributed by atoms with E-state index in [9.17, 15) is 0 Å². The Morgan fingerprint density at radius 3 is 2.52 bits per heavy atom. The van der Waals surface area contributed by atoms with Crippen molar-refractivity contribution in [3.63, 3.8) is 0 Å². The summed E-state index contributed by atoms with van der Waals surface area (Å²) in [7, 11) is 2.16. The van der Waals surface area contributed by atoms with Crippen LogP contribution in [0.4, 0.5) is 5.69 Å². The largest absolute Gasteiger partial charge is 0.357 e. The third-order valence-corrected chi connectivity index (χ3v) is 7.02. The van der Waals surface area contributed by atoms with Gasteiger partial charge in [0.1, 0.15) is 5.37 Å². The van der Waals surface area contributed by atoms with E-state index in [4.69, 9.17) is 0 Å². The van der Waals surface area contributed by atoms with E-state index in [1.807, 2.05) is 11.8 Å². The van der Waals surface area contributed by atoms with E-state index in [1.165, 1.54) is 38.0 Å². The lowest BCUT2D eigenvalue weighted by Crippen LogP contribution is -2.25. The predicted octanol–water partition coefficient (Wildman–Crippen LogP) is 6.40. The number of anilines is 1. The van der Waals surface area contributed by atoms with Gasteiger partial charge in [0, 0.05) is 40.3 Å². The van der Waals surface area contributed by atoms with Gasteiger partial charge in [0.15, 0.2) is 0 Å². The second-order valence-corrected chi connectivity index (χ2v) is 8.19. The number of para-hydroxylation sites is 2. The van der Waals surface area contributed by atoms with Crippen molar-refractivity contribution in [3.05, 3.63) is 78.9 Å². The molecule has 0 amide bonds. The number of hydrogen-bond donors (Lipinski definition) is 0. The van der Waals surface area contributed by atoms with E-state index < -0.39 is 0 Å². The van der Waals surface area contributed by atoms with Crippen molar-refractivity contribution >= 4 is 44.8 Å². The normalized spacial score (nSPS) is 16.2. The number of likely N-dealkylation sites (N-methyl/N-ethyl adjacent to an activating group) is 1. The standard InChI is InChI=1S/C24H22N2S/c1-4-26-20-10-6-5-9-18(20)19-15-17(13-14-21(19)26)16(2)24-25(3)22-11-7-8-12-23(22)27-24/h5-15,24H,2,4H2,1,3H3. The van der Waals surface area contributed by atoms with Crippen LogP contribution in [-0.2, 0) is 6.54 Å². The minimum atomic E-state index is 0.236. The Morgan fingerprint density at radius 1 is 0.963 bits per heavy atom. The highest BCUT2D eigenvalue weighted by Gasteiger charge is 2.29. The molecule has 27 heavy (non-hydrogen) atoms. The van der Waals surface area contributed by atoms with Gasteiger partial charge in [-0.1, -0.05) is 54.7 Å². The third-order valence-electron chi connectivity index (χ3n) is 5.59. The molecule has 4 aromatic rings. The molecule has 134 valence electrons. The van der Waals surface area contributed by atoms with E-state index in [1.54, 1.807) is 0 Å². The van der Waals surface area contributed by atoms with Crippen LogP contribution in [0.1, 0.15) is 12.5 Å². The number of thioether (sulfide) groups is 1. The van der Waals surface area contributed by atoms with Crippen molar-refractivity contribution in [1.82, 2.24) is 4.57 Å². The smallest absolute Gasteiger partial charge is 0.105 e. The van der Waals surface area contributed by atoms with E-state index >= 15 is 0 Å². The molecule has 0 N–H and O–H groups in total. The molecule has 0 aliphatic carbocycles. The van der Waals surface area contributed by atoms with Crippen LogP contribution in [0, 0.1) is 0 Å². The summed E-state index contributed by atoms with van der Waals surface area (Å²) >= 11 is 1.89. The van der Waals surface area contributed by atoms with Gasteiger partial charge in [-0.2, -0.15) is 0 Å². The summed E-state index contributed by atoms with van der Waals surface area (Å²) in [6.45, 7) is 7.67. The van der Waals surface area contributed by atoms with Crippen LogP contribution >= 0.6 is 11.8 Å². The van der Waals surface area contributed by atoms with Crippen molar-refractivity contribution in [2.45, 2.75) is 23.7 Å². The molecule has 1 atom stereocenters. The summed E-state index contributed by atoms with van der Waals surface area (Å²) in [5, 5.41) is 2.87. The van der Waals surface area contributed by atoms with Crippen molar-refractivity contribution < 1.29 is 0 Å². The second kappa shape index (κ2) is 6.21. The molecule has 1 aliphatic rings. The minimum Gasteiger partial charge on any atom is -0.357 e. The Morgan fingerprint density at radius 2 is 1.70 bits per heavy atom. The SMILES string of the molecule is C=C(c1ccc2c(c1)c1ccccc1n2CC)C1Sc2ccccc2N1C. The minimum absolute atomic E-state index is 0.236. The van der Waals surface area contributed by atoms with Crippen molar-refractivity contribution in [2.75, 3.05) is 11.9 Å². The molecule has 3 heteroatoms. The van der Waals surface area contributed by atoms with Crippen LogP contribution < -0.4 is 4.90 Å². The summed E-state index contributed by atoms with van der Waals surface area (Å²) in [5.41, 5.74) is 6.27. The van der Waals surface area contributed by atoms with Crippen LogP contribution in [0.2, 0.25) is 0 Å². The van der Waals surface area contributed by atoms with Gasteiger partial charge < -0.3 is 9.47 Å². The molecule has 0 saturated heterocycles. The molecular weight excluding hydrogens is 348 g/mol. The van der Waals surface area contributed by atoms with Crippen molar-refractivity contribution in [1.29, 1.82) is 0 Å². The molecule has 5 rings (SSSR count). The predicted molar refractivity (Wildman–Crippen MR) is 119 cm³/mol. The first kappa shape index (κ1) is 16.5. The van der Waals surface area contributed by atoms with Crippen LogP contribution in [0.25, 0.3) is 27.4 Å². The summed E-state index contributed by atoms with van der Waals surface area (Å²) < 4.78 is 2.39. The molecule has 0 radical (unpaired) electrons. The molecule has 2 nitrogen and oxygen atoms in total. The molecule has 1 unspecified atom stereocenters. The fourth-order valence-electron chi connectivity index (χ4n) is 4.22. The molecule has 0 saturated carbocycles. The maximum absolute atomic E-state index is 4.48. The first-order chi connectivity index (χ1) is 13.2. The molecule has 0 fully saturated rings. The Balaban J connectivity index is 1.60. The van der Waals surface area contributed by atoms with Crippen LogP contribution in [0.3, 0.4) is 0 Å². The fraction of sp³-hybridized carbons (Fsp3) is 0.167. The van der Waals surface area contributed by atoms with Gasteiger partial charge in [0.05, 0.1) is 5.69 Å². The number of fused-ring (bicyclic) bond motifs is 4. The van der Waals surface area contributed by atoms with Gasteiger partial charge in [0.25, 0.3) is 0 Å². The Hall–Kier alpha value is -2.65. The van der Waals surface area contributed by atoms with Crippen molar-refractivity contribution in [3.8, 4) is 0 Å². The number of nitrogens with zero attached hydrogens (tertiary/aromatic N) is 2. The van der Waals surface area contributed by atoms with E-state index in [2.05, 4.69) is 96.7 Å². The number of benzene rings is 3. The first-order valence-electron chi connectivity index (χ1n) is 9.37. The Bertz CT molecular complexity index is 1190. The van der Waals surface area contributed by atoms with E-state index in [0.29, 0.717) is 0 Å². The molecule has 0 spiro atoms. The lowest BCUT2D eigenvalue weighted by molar-refractivity contribution is 0.827. The van der Waals surface area contributed by atoms with Crippen molar-refractivity contribution in [2.24, 2.45) is 0 Å². The molecule has 0 bridgehead atoms. The maximum atomic E-state index is 4.48. The molecule has 3 aromatic carbocycles. The van der Waals surface area contributed by atoms with Gasteiger partial charge in [-0.3, -0.25) is 0 Å². The zero-order chi connectivity index (χ0) is 18.5. The summed E-state index contributed by atoms with van der Waals surface area (Å²) in [6.07, 6.45) is 0. The average molecular weight is 371 g/mol. The fourth-order valence-corrected chi connectivity index (χ4v) is 5.50. The quantitative estimate of drug-likeness (QED) is 0.412. The average Bonchev–Trinajstić information content (AvgIpc) is 3.22. The van der Waals surface area contributed by atoms with E-state index in [0.717, 1.165) is 12.1 Å². The number of aryl methyl sites for hydroxylation is 1. The zero-order valence-corrected chi connectivity index (χ0v) is 16.5. The number of rotatable bonds is 3. The highest BCUT2D eigenvalue weighted by molar-refractivity contribution is 8.01. The molecule has 2 heterocycles. The topological polar surface area (TPSA) is 8.17 Å². The van der Waals surface area contributed by atoms with Gasteiger partial charge >= 0.3 is 0 Å². The van der Waals surface area contributed by atoms with Gasteiger partial charge in [0.2, 0.25) is 0 Å². The van der Waals surface area contributed by atoms with Crippen LogP contribution in [0.15, 0.2) is 78.2 Å². The van der Waals surface area contributed by atoms with Crippen LogP contribution in [-0.4, -0.2) is 17.0 Å². The Labute approximate surface area is 164 Å². The van der Waals surface area contributed by atoms with E-state index in [-0.39, 0.29) is 5.37 Å². The van der Waals surface area contributed by atoms with Crippen LogP contribution in [0.5, 0.6) is 0 Å². The summed E-state index contributed by atoms with van der Waals surface area (Å²) in [4.78, 5) is 3.66. The van der Waals surface area contributed by atoms with Gasteiger partial charge in [-0.15, -0.1) is 0 Å². The number of hydrogen-bond acceptors (Lipinski definition) is 2. The second-order valence-electron chi connectivity index (χ2n) is 7.07. The Kier molecular flexibility index (Phi) is 3.80. The monoisotopic (exact) mass is 370 g/mol. The number of aromatic nitrogens is 1. The highest BCUT2D eigenvalue weighted by Crippen LogP contribution is 2.47. The summed E-state index contributed by atoms with van der Waals surface area (Å²) in [6, 6.07) is 24.1. The lowest BCUT2D eigenvalue weighted by atomic mass is 10.0.